The fourth-order valence-corrected chi connectivity index (χ4v) is 1.79. The molecule has 0 rings (SSSR count). The van der Waals surface area contributed by atoms with Gasteiger partial charge in [0.15, 0.2) is 0 Å². The van der Waals surface area contributed by atoms with Gasteiger partial charge in [0.1, 0.15) is 0 Å². The van der Waals surface area contributed by atoms with Gasteiger partial charge in [0.05, 0.1) is 0 Å². The van der Waals surface area contributed by atoms with Crippen LogP contribution in [0, 0.1) is 0 Å². The second-order valence-corrected chi connectivity index (χ2v) is 4.32. The molecule has 0 N–H and O–H groups in total. The Bertz CT molecular complexity index is 177. The number of unbranched alkanes of at least 4 members (excludes halogenated alkanes) is 5. The number of hydrogen-bond acceptors (Lipinski definition) is 3. The van der Waals surface area contributed by atoms with Crippen molar-refractivity contribution < 1.29 is 39.5 Å². The molecule has 0 aromatic heterocycles. The molecule has 0 amide bonds. The van der Waals surface area contributed by atoms with Crippen LogP contribution < -0.4 is 34.7 Å². The molecule has 0 aliphatic carbocycles. The largest absolute Gasteiger partial charge is 1.00 e. The van der Waals surface area contributed by atoms with Crippen LogP contribution in [0.2, 0.25) is 0 Å². The van der Waals surface area contributed by atoms with E-state index in [2.05, 4.69) is 18.7 Å². The molecule has 0 heterocycles. The number of rotatable bonds is 11. The monoisotopic (exact) mass is 251 g/mol. The molecule has 0 aliphatic rings. The van der Waals surface area contributed by atoms with Crippen molar-refractivity contribution in [2.45, 2.75) is 58.8 Å². The van der Waals surface area contributed by atoms with Gasteiger partial charge >= 0.3 is 29.6 Å². The number of carbonyl (C=O) groups is 1. The molecular formula is C13H26NNaO2. The molecule has 4 heteroatoms. The van der Waals surface area contributed by atoms with Crippen molar-refractivity contribution in [3.05, 3.63) is 0 Å². The van der Waals surface area contributed by atoms with Crippen LogP contribution in [-0.2, 0) is 4.79 Å². The normalized spacial score (nSPS) is 10.3. The number of aliphatic carboxylic acids is 1. The molecule has 3 nitrogen and oxygen atoms in total. The van der Waals surface area contributed by atoms with E-state index in [0.717, 1.165) is 13.1 Å². The summed E-state index contributed by atoms with van der Waals surface area (Å²) in [7, 11) is 0. The summed E-state index contributed by atoms with van der Waals surface area (Å²) in [6.07, 6.45) is 7.87. The second kappa shape index (κ2) is 14.5. The second-order valence-electron chi connectivity index (χ2n) is 4.32. The predicted molar refractivity (Wildman–Crippen MR) is 65.1 cm³/mol. The van der Waals surface area contributed by atoms with E-state index in [0.29, 0.717) is 6.54 Å². The van der Waals surface area contributed by atoms with Crippen LogP contribution in [0.15, 0.2) is 0 Å². The van der Waals surface area contributed by atoms with Crippen LogP contribution in [0.25, 0.3) is 0 Å². The van der Waals surface area contributed by atoms with Gasteiger partial charge in [0.2, 0.25) is 0 Å². The van der Waals surface area contributed by atoms with Gasteiger partial charge in [0, 0.05) is 12.5 Å². The van der Waals surface area contributed by atoms with Crippen LogP contribution in [0.3, 0.4) is 0 Å². The van der Waals surface area contributed by atoms with E-state index in [4.69, 9.17) is 0 Å². The quantitative estimate of drug-likeness (QED) is 0.343. The van der Waals surface area contributed by atoms with E-state index in [9.17, 15) is 9.90 Å². The molecule has 0 unspecified atom stereocenters. The van der Waals surface area contributed by atoms with E-state index >= 15 is 0 Å². The molecule has 0 bridgehead atoms. The molecule has 0 saturated heterocycles. The molecule has 0 atom stereocenters. The summed E-state index contributed by atoms with van der Waals surface area (Å²) in [5.41, 5.74) is 0. The zero-order chi connectivity index (χ0) is 12.2. The van der Waals surface area contributed by atoms with Gasteiger partial charge in [-0.3, -0.25) is 0 Å². The van der Waals surface area contributed by atoms with Crippen LogP contribution in [0.4, 0.5) is 0 Å². The van der Waals surface area contributed by atoms with Crippen molar-refractivity contribution in [2.75, 3.05) is 19.6 Å². The maximum absolute atomic E-state index is 10.3. The zero-order valence-electron chi connectivity index (χ0n) is 11.8. The summed E-state index contributed by atoms with van der Waals surface area (Å²) in [5, 5.41) is 10.3. The van der Waals surface area contributed by atoms with Gasteiger partial charge in [-0.25, -0.2) is 0 Å². The maximum Gasteiger partial charge on any atom is 1.00 e. The summed E-state index contributed by atoms with van der Waals surface area (Å²) < 4.78 is 0. The van der Waals surface area contributed by atoms with Crippen molar-refractivity contribution in [3.63, 3.8) is 0 Å². The van der Waals surface area contributed by atoms with Crippen molar-refractivity contribution in [3.8, 4) is 0 Å². The third-order valence-electron chi connectivity index (χ3n) is 2.91. The molecule has 0 aliphatic heterocycles. The van der Waals surface area contributed by atoms with Crippen molar-refractivity contribution in [2.24, 2.45) is 0 Å². The van der Waals surface area contributed by atoms with E-state index in [1.54, 1.807) is 0 Å². The smallest absolute Gasteiger partial charge is 0.550 e. The van der Waals surface area contributed by atoms with Crippen LogP contribution in [-0.4, -0.2) is 30.5 Å². The van der Waals surface area contributed by atoms with E-state index in [1.807, 2.05) is 0 Å². The van der Waals surface area contributed by atoms with Gasteiger partial charge in [-0.15, -0.1) is 0 Å². The summed E-state index contributed by atoms with van der Waals surface area (Å²) in [6, 6.07) is 0. The molecule has 17 heavy (non-hydrogen) atoms. The Morgan fingerprint density at radius 1 is 1.00 bits per heavy atom. The van der Waals surface area contributed by atoms with Gasteiger partial charge in [-0.05, 0) is 25.9 Å². The molecule has 0 aromatic carbocycles. The first-order chi connectivity index (χ1) is 7.70. The zero-order valence-corrected chi connectivity index (χ0v) is 13.8. The maximum atomic E-state index is 10.3. The first kappa shape index (κ1) is 19.8. The molecule has 0 radical (unpaired) electrons. The Kier molecular flexibility index (Phi) is 16.8. The molecular weight excluding hydrogens is 225 g/mol. The standard InChI is InChI=1S/C13H27NO2.Na/c1-3-5-6-7-8-9-11-14(4-2)12-10-13(15)16;/h3-12H2,1-2H3,(H,15,16);/q;+1/p-1. The molecule has 0 saturated carbocycles. The number of hydrogen-bond donors (Lipinski definition) is 0. The average Bonchev–Trinajstić information content (AvgIpc) is 2.27. The first-order valence-electron chi connectivity index (χ1n) is 6.62. The van der Waals surface area contributed by atoms with E-state index in [-0.39, 0.29) is 36.0 Å². The Morgan fingerprint density at radius 3 is 2.12 bits per heavy atom. The Labute approximate surface area is 128 Å². The minimum absolute atomic E-state index is 0. The fraction of sp³-hybridized carbons (Fsp3) is 0.923. The van der Waals surface area contributed by atoms with Gasteiger partial charge < -0.3 is 14.8 Å². The topological polar surface area (TPSA) is 43.4 Å². The van der Waals surface area contributed by atoms with Gasteiger partial charge in [0.25, 0.3) is 0 Å². The van der Waals surface area contributed by atoms with Gasteiger partial charge in [-0.1, -0.05) is 46.0 Å². The SMILES string of the molecule is CCCCCCCCN(CC)CCC(=O)[O-].[Na+]. The molecule has 0 aromatic rings. The summed E-state index contributed by atoms with van der Waals surface area (Å²) in [5.74, 6) is -0.943. The van der Waals surface area contributed by atoms with Gasteiger partial charge in [-0.2, -0.15) is 0 Å². The van der Waals surface area contributed by atoms with Crippen LogP contribution in [0.1, 0.15) is 58.8 Å². The number of nitrogens with zero attached hydrogens (tertiary/aromatic N) is 1. The average molecular weight is 251 g/mol. The molecule has 0 spiro atoms. The Balaban J connectivity index is 0. The summed E-state index contributed by atoms with van der Waals surface area (Å²) >= 11 is 0. The minimum atomic E-state index is -0.943. The molecule has 0 fully saturated rings. The Morgan fingerprint density at radius 2 is 1.59 bits per heavy atom. The summed E-state index contributed by atoms with van der Waals surface area (Å²) in [6.45, 7) is 6.89. The minimum Gasteiger partial charge on any atom is -0.550 e. The van der Waals surface area contributed by atoms with Crippen molar-refractivity contribution >= 4 is 5.97 Å². The van der Waals surface area contributed by atoms with Crippen LogP contribution in [0.5, 0.6) is 0 Å². The fourth-order valence-electron chi connectivity index (χ4n) is 1.79. The number of carboxylic acids is 1. The van der Waals surface area contributed by atoms with Crippen molar-refractivity contribution in [1.82, 2.24) is 4.90 Å². The summed E-state index contributed by atoms with van der Waals surface area (Å²) in [4.78, 5) is 12.5. The third kappa shape index (κ3) is 14.4. The number of carboxylic acid groups (broad SMARTS) is 1. The third-order valence-corrected chi connectivity index (χ3v) is 2.91. The Hall–Kier alpha value is 0.430. The number of carbonyl (C=O) groups excluding carboxylic acids is 1. The van der Waals surface area contributed by atoms with E-state index in [1.165, 1.54) is 38.5 Å². The molecule has 96 valence electrons. The predicted octanol–water partition coefficient (Wildman–Crippen LogP) is -1.19. The van der Waals surface area contributed by atoms with Crippen LogP contribution >= 0.6 is 0 Å². The van der Waals surface area contributed by atoms with E-state index < -0.39 is 5.97 Å². The first-order valence-corrected chi connectivity index (χ1v) is 6.62. The van der Waals surface area contributed by atoms with Crippen molar-refractivity contribution in [1.29, 1.82) is 0 Å².